The predicted molar refractivity (Wildman–Crippen MR) is 111 cm³/mol. The van der Waals surface area contributed by atoms with E-state index in [1.165, 1.54) is 6.07 Å². The van der Waals surface area contributed by atoms with Gasteiger partial charge in [0.05, 0.1) is 12.2 Å². The third kappa shape index (κ3) is 6.50. The van der Waals surface area contributed by atoms with Crippen LogP contribution in [0.2, 0.25) is 0 Å². The monoisotopic (exact) mass is 479 g/mol. The number of nitrogens with zero attached hydrogens (tertiary/aromatic N) is 3. The molecule has 9 heteroatoms. The first-order chi connectivity index (χ1) is 11.7. The number of ether oxygens (including phenoxy) is 1. The summed E-state index contributed by atoms with van der Waals surface area (Å²) in [5.41, 5.74) is 11.3. The second-order valence-electron chi connectivity index (χ2n) is 6.98. The van der Waals surface area contributed by atoms with Crippen LogP contribution in [0.1, 0.15) is 26.3 Å². The number of halogens is 2. The fourth-order valence-corrected chi connectivity index (χ4v) is 2.54. The number of hydrogen-bond donors (Lipinski definition) is 2. The van der Waals surface area contributed by atoms with Gasteiger partial charge in [-0.15, -0.1) is 24.0 Å². The average molecular weight is 479 g/mol. The zero-order chi connectivity index (χ0) is 18.6. The summed E-state index contributed by atoms with van der Waals surface area (Å²) in [6.45, 7) is 7.81. The number of nitrogens with two attached hydrogens (primary N) is 2. The predicted octanol–water partition coefficient (Wildman–Crippen LogP) is 2.27. The summed E-state index contributed by atoms with van der Waals surface area (Å²) in [7, 11) is 0. The Labute approximate surface area is 170 Å². The molecule has 1 aromatic rings. The minimum absolute atomic E-state index is 0. The van der Waals surface area contributed by atoms with Crippen molar-refractivity contribution in [3.8, 4) is 0 Å². The van der Waals surface area contributed by atoms with Crippen LogP contribution in [0, 0.1) is 5.82 Å². The molecule has 0 saturated carbocycles. The fraction of sp³-hybridized carbons (Fsp3) is 0.529. The number of aliphatic imine (C=N–C) groups is 1. The maximum Gasteiger partial charge on any atom is 0.410 e. The number of rotatable bonds is 3. The molecule has 0 aliphatic carbocycles. The molecule has 0 spiro atoms. The van der Waals surface area contributed by atoms with E-state index in [0.29, 0.717) is 37.4 Å². The van der Waals surface area contributed by atoms with Gasteiger partial charge in [0.1, 0.15) is 11.4 Å². The highest BCUT2D eigenvalue weighted by molar-refractivity contribution is 14.0. The summed E-state index contributed by atoms with van der Waals surface area (Å²) in [5, 5.41) is 0. The van der Waals surface area contributed by atoms with Crippen LogP contribution in [0.5, 0.6) is 0 Å². The van der Waals surface area contributed by atoms with Gasteiger partial charge in [0.15, 0.2) is 5.96 Å². The summed E-state index contributed by atoms with van der Waals surface area (Å²) in [6, 6.07) is 4.95. The van der Waals surface area contributed by atoms with Crippen molar-refractivity contribution >= 4 is 41.7 Å². The van der Waals surface area contributed by atoms with Crippen LogP contribution in [0.3, 0.4) is 0 Å². The Morgan fingerprint density at radius 1 is 1.23 bits per heavy atom. The summed E-state index contributed by atoms with van der Waals surface area (Å²) < 4.78 is 19.7. The van der Waals surface area contributed by atoms with Crippen molar-refractivity contribution in [2.24, 2.45) is 16.5 Å². The fourth-order valence-electron chi connectivity index (χ4n) is 2.54. The lowest BCUT2D eigenvalue weighted by atomic mass is 10.1. The molecule has 2 rings (SSSR count). The van der Waals surface area contributed by atoms with Gasteiger partial charge in [-0.25, -0.2) is 14.2 Å². The van der Waals surface area contributed by atoms with Crippen LogP contribution < -0.4 is 16.4 Å². The van der Waals surface area contributed by atoms with Crippen LogP contribution in [-0.4, -0.2) is 48.7 Å². The Balaban J connectivity index is 0.00000338. The first kappa shape index (κ1) is 22.3. The molecule has 1 heterocycles. The van der Waals surface area contributed by atoms with Crippen LogP contribution in [0.15, 0.2) is 23.2 Å². The topological polar surface area (TPSA) is 97.2 Å². The van der Waals surface area contributed by atoms with E-state index in [0.717, 1.165) is 0 Å². The van der Waals surface area contributed by atoms with E-state index in [-0.39, 0.29) is 48.4 Å². The number of benzene rings is 1. The molecule has 0 atom stereocenters. The maximum absolute atomic E-state index is 14.4. The first-order valence-electron chi connectivity index (χ1n) is 8.22. The standard InChI is InChI=1S/C17H26FN5O2.HI/c1-17(2,3)25-16(24)23-8-6-22(7-9-23)14-5-4-12(10-13(14)18)11-21-15(19)20;/h4-5,10H,6-9,11H2,1-3H3,(H4,19,20,21);1H. The summed E-state index contributed by atoms with van der Waals surface area (Å²) in [6.07, 6.45) is -0.333. The molecule has 0 radical (unpaired) electrons. The molecule has 146 valence electrons. The van der Waals surface area contributed by atoms with Crippen LogP contribution in [0.4, 0.5) is 14.9 Å². The number of carbonyl (C=O) groups is 1. The number of amides is 1. The highest BCUT2D eigenvalue weighted by Crippen LogP contribution is 2.23. The molecule has 1 fully saturated rings. The quantitative estimate of drug-likeness (QED) is 0.394. The Hall–Kier alpha value is -1.78. The Morgan fingerprint density at radius 2 is 1.85 bits per heavy atom. The first-order valence-corrected chi connectivity index (χ1v) is 8.22. The maximum atomic E-state index is 14.4. The van der Waals surface area contributed by atoms with Gasteiger partial charge in [-0.05, 0) is 38.5 Å². The summed E-state index contributed by atoms with van der Waals surface area (Å²) in [4.78, 5) is 19.5. The van der Waals surface area contributed by atoms with E-state index < -0.39 is 5.60 Å². The zero-order valence-corrected chi connectivity index (χ0v) is 17.7. The van der Waals surface area contributed by atoms with Gasteiger partial charge in [0, 0.05) is 26.2 Å². The Kier molecular flexibility index (Phi) is 7.91. The Morgan fingerprint density at radius 3 is 2.35 bits per heavy atom. The highest BCUT2D eigenvalue weighted by atomic mass is 127. The van der Waals surface area contributed by atoms with Crippen molar-refractivity contribution in [1.29, 1.82) is 0 Å². The minimum Gasteiger partial charge on any atom is -0.444 e. The normalized spacial score (nSPS) is 14.5. The van der Waals surface area contributed by atoms with Crippen molar-refractivity contribution < 1.29 is 13.9 Å². The smallest absolute Gasteiger partial charge is 0.410 e. The van der Waals surface area contributed by atoms with Crippen molar-refractivity contribution in [3.05, 3.63) is 29.6 Å². The lowest BCUT2D eigenvalue weighted by molar-refractivity contribution is 0.0240. The molecule has 1 aliphatic heterocycles. The van der Waals surface area contributed by atoms with E-state index in [4.69, 9.17) is 16.2 Å². The van der Waals surface area contributed by atoms with Gasteiger partial charge in [-0.3, -0.25) is 0 Å². The number of anilines is 1. The van der Waals surface area contributed by atoms with Crippen LogP contribution in [0.25, 0.3) is 0 Å². The van der Waals surface area contributed by atoms with E-state index in [9.17, 15) is 9.18 Å². The van der Waals surface area contributed by atoms with Crippen LogP contribution >= 0.6 is 24.0 Å². The van der Waals surface area contributed by atoms with Gasteiger partial charge >= 0.3 is 6.09 Å². The molecular formula is C17H27FIN5O2. The number of hydrogen-bond acceptors (Lipinski definition) is 4. The molecule has 4 N–H and O–H groups in total. The number of guanidine groups is 1. The molecule has 1 aliphatic rings. The van der Waals surface area contributed by atoms with E-state index >= 15 is 0 Å². The van der Waals surface area contributed by atoms with E-state index in [1.807, 2.05) is 25.7 Å². The molecule has 1 aromatic carbocycles. The number of piperazine rings is 1. The van der Waals surface area contributed by atoms with Gasteiger partial charge in [-0.1, -0.05) is 6.07 Å². The molecule has 26 heavy (non-hydrogen) atoms. The molecular weight excluding hydrogens is 452 g/mol. The van der Waals surface area contributed by atoms with Crippen molar-refractivity contribution in [2.75, 3.05) is 31.1 Å². The van der Waals surface area contributed by atoms with E-state index in [1.54, 1.807) is 17.0 Å². The highest BCUT2D eigenvalue weighted by Gasteiger charge is 2.26. The molecule has 1 amide bonds. The lowest BCUT2D eigenvalue weighted by Crippen LogP contribution is -2.50. The largest absolute Gasteiger partial charge is 0.444 e. The van der Waals surface area contributed by atoms with Gasteiger partial charge in [0.25, 0.3) is 0 Å². The van der Waals surface area contributed by atoms with Crippen LogP contribution in [-0.2, 0) is 11.3 Å². The van der Waals surface area contributed by atoms with Crippen molar-refractivity contribution in [2.45, 2.75) is 32.9 Å². The van der Waals surface area contributed by atoms with E-state index in [2.05, 4.69) is 4.99 Å². The molecule has 7 nitrogen and oxygen atoms in total. The van der Waals surface area contributed by atoms with Gasteiger partial charge < -0.3 is 26.0 Å². The second kappa shape index (κ2) is 9.24. The third-order valence-corrected chi connectivity index (χ3v) is 3.73. The molecule has 0 aromatic heterocycles. The third-order valence-electron chi connectivity index (χ3n) is 3.73. The average Bonchev–Trinajstić information content (AvgIpc) is 2.51. The molecule has 0 bridgehead atoms. The summed E-state index contributed by atoms with van der Waals surface area (Å²) >= 11 is 0. The molecule has 0 unspecified atom stereocenters. The number of carbonyl (C=O) groups excluding carboxylic acids is 1. The lowest BCUT2D eigenvalue weighted by Gasteiger charge is -2.36. The Bertz CT molecular complexity index is 651. The van der Waals surface area contributed by atoms with Gasteiger partial charge in [-0.2, -0.15) is 0 Å². The zero-order valence-electron chi connectivity index (χ0n) is 15.4. The molecule has 1 saturated heterocycles. The SMILES string of the molecule is CC(C)(C)OC(=O)N1CCN(c2ccc(CN=C(N)N)cc2F)CC1.I. The second-order valence-corrected chi connectivity index (χ2v) is 6.98. The van der Waals surface area contributed by atoms with Gasteiger partial charge in [0.2, 0.25) is 0 Å². The summed E-state index contributed by atoms with van der Waals surface area (Å²) in [5.74, 6) is -0.350. The minimum atomic E-state index is -0.522. The van der Waals surface area contributed by atoms with Crippen molar-refractivity contribution in [3.63, 3.8) is 0 Å². The van der Waals surface area contributed by atoms with Crippen molar-refractivity contribution in [1.82, 2.24) is 4.90 Å².